The third-order valence-electron chi connectivity index (χ3n) is 2.75. The molecule has 1 N–H and O–H groups in total. The smallest absolute Gasteiger partial charge is 0.0823 e. The SMILES string of the molecule is CC(=CO)C(C)=CCC(C)C(C)C. The Balaban J connectivity index is 4.12. The molecule has 0 aromatic carbocycles. The van der Waals surface area contributed by atoms with E-state index in [0.29, 0.717) is 5.92 Å². The maximum absolute atomic E-state index is 8.78. The van der Waals surface area contributed by atoms with Crippen LogP contribution in [0.4, 0.5) is 0 Å². The molecule has 0 aromatic rings. The van der Waals surface area contributed by atoms with E-state index in [1.54, 1.807) is 0 Å². The molecule has 0 aromatic heterocycles. The summed E-state index contributed by atoms with van der Waals surface area (Å²) in [6, 6.07) is 0. The third-order valence-corrected chi connectivity index (χ3v) is 2.75. The van der Waals surface area contributed by atoms with Crippen molar-refractivity contribution in [2.24, 2.45) is 11.8 Å². The van der Waals surface area contributed by atoms with Gasteiger partial charge in [-0.1, -0.05) is 26.8 Å². The van der Waals surface area contributed by atoms with E-state index in [-0.39, 0.29) is 0 Å². The van der Waals surface area contributed by atoms with Crippen LogP contribution in [0.25, 0.3) is 0 Å². The van der Waals surface area contributed by atoms with Crippen molar-refractivity contribution in [3.63, 3.8) is 0 Å². The molecule has 1 unspecified atom stereocenters. The molecule has 76 valence electrons. The van der Waals surface area contributed by atoms with E-state index in [1.165, 1.54) is 11.8 Å². The van der Waals surface area contributed by atoms with Crippen LogP contribution >= 0.6 is 0 Å². The summed E-state index contributed by atoms with van der Waals surface area (Å²) in [7, 11) is 0. The van der Waals surface area contributed by atoms with Gasteiger partial charge in [0.15, 0.2) is 0 Å². The number of rotatable bonds is 4. The van der Waals surface area contributed by atoms with E-state index < -0.39 is 0 Å². The highest BCUT2D eigenvalue weighted by molar-refractivity contribution is 5.24. The van der Waals surface area contributed by atoms with Crippen molar-refractivity contribution < 1.29 is 5.11 Å². The normalized spacial score (nSPS) is 16.5. The van der Waals surface area contributed by atoms with Crippen LogP contribution in [0.5, 0.6) is 0 Å². The highest BCUT2D eigenvalue weighted by atomic mass is 16.2. The average Bonchev–Trinajstić information content (AvgIpc) is 2.11. The minimum Gasteiger partial charge on any atom is -0.515 e. The van der Waals surface area contributed by atoms with Crippen LogP contribution in [0.3, 0.4) is 0 Å². The quantitative estimate of drug-likeness (QED) is 0.513. The van der Waals surface area contributed by atoms with E-state index in [2.05, 4.69) is 26.8 Å². The van der Waals surface area contributed by atoms with Crippen LogP contribution in [0.15, 0.2) is 23.5 Å². The first-order valence-corrected chi connectivity index (χ1v) is 4.97. The fraction of sp³-hybridized carbons (Fsp3) is 0.667. The lowest BCUT2D eigenvalue weighted by molar-refractivity contribution is 0.423. The molecule has 1 nitrogen and oxygen atoms in total. The molecule has 0 saturated carbocycles. The Bertz CT molecular complexity index is 199. The molecule has 0 aliphatic carbocycles. The molecule has 1 heteroatoms. The van der Waals surface area contributed by atoms with Gasteiger partial charge in [-0.25, -0.2) is 0 Å². The topological polar surface area (TPSA) is 20.2 Å². The van der Waals surface area contributed by atoms with Crippen LogP contribution in [-0.2, 0) is 0 Å². The van der Waals surface area contributed by atoms with Crippen LogP contribution in [0, 0.1) is 11.8 Å². The van der Waals surface area contributed by atoms with Gasteiger partial charge in [-0.3, -0.25) is 0 Å². The highest BCUT2D eigenvalue weighted by Gasteiger charge is 2.04. The summed E-state index contributed by atoms with van der Waals surface area (Å²) in [4.78, 5) is 0. The lowest BCUT2D eigenvalue weighted by atomic mass is 9.93. The Labute approximate surface area is 82.2 Å². The molecule has 0 heterocycles. The fourth-order valence-electron chi connectivity index (χ4n) is 0.898. The molecule has 0 saturated heterocycles. The van der Waals surface area contributed by atoms with Crippen molar-refractivity contribution in [3.8, 4) is 0 Å². The molecule has 0 radical (unpaired) electrons. The zero-order valence-corrected chi connectivity index (χ0v) is 9.46. The van der Waals surface area contributed by atoms with Crippen molar-refractivity contribution in [1.82, 2.24) is 0 Å². The van der Waals surface area contributed by atoms with Gasteiger partial charge >= 0.3 is 0 Å². The molecule has 13 heavy (non-hydrogen) atoms. The number of hydrogen-bond acceptors (Lipinski definition) is 1. The number of hydrogen-bond donors (Lipinski definition) is 1. The Morgan fingerprint density at radius 2 is 1.69 bits per heavy atom. The van der Waals surface area contributed by atoms with Crippen LogP contribution in [-0.4, -0.2) is 5.11 Å². The molecule has 1 atom stereocenters. The monoisotopic (exact) mass is 182 g/mol. The Morgan fingerprint density at radius 3 is 2.08 bits per heavy atom. The summed E-state index contributed by atoms with van der Waals surface area (Å²) in [6.07, 6.45) is 4.47. The summed E-state index contributed by atoms with van der Waals surface area (Å²) < 4.78 is 0. The Morgan fingerprint density at radius 1 is 1.15 bits per heavy atom. The average molecular weight is 182 g/mol. The molecule has 0 spiro atoms. The molecular weight excluding hydrogens is 160 g/mol. The predicted octanol–water partition coefficient (Wildman–Crippen LogP) is 4.08. The molecule has 0 aliphatic heterocycles. The summed E-state index contributed by atoms with van der Waals surface area (Å²) in [5, 5.41) is 8.78. The number of aliphatic hydroxyl groups excluding tert-OH is 1. The van der Waals surface area contributed by atoms with Gasteiger partial charge < -0.3 is 5.11 Å². The second-order valence-corrected chi connectivity index (χ2v) is 4.16. The number of aliphatic hydroxyl groups is 1. The lowest BCUT2D eigenvalue weighted by Gasteiger charge is -2.13. The van der Waals surface area contributed by atoms with Crippen molar-refractivity contribution in [2.45, 2.75) is 41.0 Å². The second-order valence-electron chi connectivity index (χ2n) is 4.16. The molecule has 0 rings (SSSR count). The molecule has 0 bridgehead atoms. The van der Waals surface area contributed by atoms with E-state index >= 15 is 0 Å². The largest absolute Gasteiger partial charge is 0.515 e. The van der Waals surface area contributed by atoms with E-state index in [9.17, 15) is 0 Å². The van der Waals surface area contributed by atoms with Gasteiger partial charge in [-0.15, -0.1) is 0 Å². The predicted molar refractivity (Wildman–Crippen MR) is 58.8 cm³/mol. The fourth-order valence-corrected chi connectivity index (χ4v) is 0.898. The van der Waals surface area contributed by atoms with Gasteiger partial charge in [0.25, 0.3) is 0 Å². The molecular formula is C12H22O. The summed E-state index contributed by atoms with van der Waals surface area (Å²) in [6.45, 7) is 10.7. The zero-order chi connectivity index (χ0) is 10.4. The van der Waals surface area contributed by atoms with Crippen LogP contribution in [0.2, 0.25) is 0 Å². The first-order chi connectivity index (χ1) is 5.99. The van der Waals surface area contributed by atoms with Crippen LogP contribution in [0.1, 0.15) is 41.0 Å². The maximum atomic E-state index is 8.78. The molecule has 0 amide bonds. The van der Waals surface area contributed by atoms with E-state index in [0.717, 1.165) is 17.9 Å². The van der Waals surface area contributed by atoms with Crippen molar-refractivity contribution in [1.29, 1.82) is 0 Å². The molecule has 0 aliphatic rings. The number of allylic oxidation sites excluding steroid dienone is 3. The van der Waals surface area contributed by atoms with Crippen LogP contribution < -0.4 is 0 Å². The van der Waals surface area contributed by atoms with Gasteiger partial charge in [0.2, 0.25) is 0 Å². The Hall–Kier alpha value is -0.720. The second kappa shape index (κ2) is 5.85. The summed E-state index contributed by atoms with van der Waals surface area (Å²) in [5.74, 6) is 1.43. The van der Waals surface area contributed by atoms with Crippen molar-refractivity contribution in [2.75, 3.05) is 0 Å². The minimum atomic E-state index is 0.710. The minimum absolute atomic E-state index is 0.710. The third kappa shape index (κ3) is 4.76. The van der Waals surface area contributed by atoms with Gasteiger partial charge in [0.1, 0.15) is 0 Å². The van der Waals surface area contributed by atoms with Gasteiger partial charge in [-0.2, -0.15) is 0 Å². The summed E-state index contributed by atoms with van der Waals surface area (Å²) in [5.41, 5.74) is 2.13. The first-order valence-electron chi connectivity index (χ1n) is 4.97. The van der Waals surface area contributed by atoms with Gasteiger partial charge in [-0.05, 0) is 43.3 Å². The van der Waals surface area contributed by atoms with Crippen molar-refractivity contribution in [3.05, 3.63) is 23.5 Å². The van der Waals surface area contributed by atoms with Gasteiger partial charge in [0.05, 0.1) is 6.26 Å². The Kier molecular flexibility index (Phi) is 5.52. The highest BCUT2D eigenvalue weighted by Crippen LogP contribution is 2.17. The standard InChI is InChI=1S/C12H22O/c1-9(2)10(3)6-7-11(4)12(5)8-13/h7-10,13H,6H2,1-5H3. The summed E-state index contributed by atoms with van der Waals surface area (Å²) >= 11 is 0. The first kappa shape index (κ1) is 12.3. The van der Waals surface area contributed by atoms with E-state index in [4.69, 9.17) is 5.11 Å². The van der Waals surface area contributed by atoms with E-state index in [1.807, 2.05) is 13.8 Å². The van der Waals surface area contributed by atoms with Crippen molar-refractivity contribution >= 4 is 0 Å². The maximum Gasteiger partial charge on any atom is 0.0823 e. The lowest BCUT2D eigenvalue weighted by Crippen LogP contribution is -2.02. The molecule has 0 fully saturated rings. The zero-order valence-electron chi connectivity index (χ0n) is 9.46. The van der Waals surface area contributed by atoms with Gasteiger partial charge in [0, 0.05) is 0 Å².